The first-order chi connectivity index (χ1) is 20.1. The molecule has 218 valence electrons. The van der Waals surface area contributed by atoms with Gasteiger partial charge in [0.05, 0.1) is 16.6 Å². The van der Waals surface area contributed by atoms with Crippen molar-refractivity contribution < 1.29 is 27.9 Å². The first-order valence-corrected chi connectivity index (χ1v) is 13.7. The number of alkyl halides is 3. The molecule has 4 aromatic rings. The first-order valence-electron chi connectivity index (χ1n) is 13.7. The molecule has 0 bridgehead atoms. The number of benzene rings is 3. The Balaban J connectivity index is 0.000000451. The summed E-state index contributed by atoms with van der Waals surface area (Å²) in [5.74, 6) is -2.43. The van der Waals surface area contributed by atoms with E-state index in [1.807, 2.05) is 18.2 Å². The molecule has 1 amide bonds. The summed E-state index contributed by atoms with van der Waals surface area (Å²) >= 11 is 0. The number of aromatic amines is 1. The Labute approximate surface area is 241 Å². The molecule has 2 aliphatic rings. The van der Waals surface area contributed by atoms with Crippen molar-refractivity contribution in [3.63, 3.8) is 0 Å². The van der Waals surface area contributed by atoms with Crippen LogP contribution in [0, 0.1) is 0 Å². The quantitative estimate of drug-likeness (QED) is 0.231. The van der Waals surface area contributed by atoms with Gasteiger partial charge in [0.1, 0.15) is 0 Å². The minimum absolute atomic E-state index is 0.125. The van der Waals surface area contributed by atoms with Gasteiger partial charge in [-0.1, -0.05) is 74.5 Å². The average molecular weight is 577 g/mol. The molecule has 1 aliphatic carbocycles. The van der Waals surface area contributed by atoms with Crippen LogP contribution in [0.25, 0.3) is 23.1 Å². The van der Waals surface area contributed by atoms with Crippen LogP contribution in [-0.2, 0) is 21.5 Å². The summed E-state index contributed by atoms with van der Waals surface area (Å²) in [5.41, 5.74) is 7.28. The minimum atomic E-state index is -5.08. The lowest BCUT2D eigenvalue weighted by Gasteiger charge is -2.17. The van der Waals surface area contributed by atoms with Crippen molar-refractivity contribution >= 4 is 40.6 Å². The number of carboxylic acids is 1. The molecule has 1 spiro atoms. The van der Waals surface area contributed by atoms with Crippen LogP contribution in [0.4, 0.5) is 18.9 Å². The SMILES string of the molecule is CCN(CC)Cc1ccc(/C=C/c2n[nH]c3cc([C@@H]4C[C@@]45C(=O)Nc4ccccc45)ccc23)cc1.O=C(O)C(F)(F)F. The number of para-hydroxylation sites is 1. The van der Waals surface area contributed by atoms with E-state index >= 15 is 0 Å². The summed E-state index contributed by atoms with van der Waals surface area (Å²) in [7, 11) is 0. The highest BCUT2D eigenvalue weighted by molar-refractivity contribution is 6.09. The van der Waals surface area contributed by atoms with Gasteiger partial charge in [0, 0.05) is 23.5 Å². The van der Waals surface area contributed by atoms with Crippen LogP contribution in [0.3, 0.4) is 0 Å². The summed E-state index contributed by atoms with van der Waals surface area (Å²) in [6.45, 7) is 7.51. The minimum Gasteiger partial charge on any atom is -0.475 e. The van der Waals surface area contributed by atoms with Crippen molar-refractivity contribution in [3.05, 3.63) is 94.7 Å². The Morgan fingerprint density at radius 2 is 1.76 bits per heavy atom. The second-order valence-corrected chi connectivity index (χ2v) is 10.5. The lowest BCUT2D eigenvalue weighted by molar-refractivity contribution is -0.192. The molecular formula is C32H31F3N4O3. The van der Waals surface area contributed by atoms with Crippen LogP contribution in [-0.4, -0.2) is 51.3 Å². The fourth-order valence-electron chi connectivity index (χ4n) is 5.57. The van der Waals surface area contributed by atoms with E-state index < -0.39 is 17.6 Å². The zero-order chi connectivity index (χ0) is 30.1. The molecule has 1 fully saturated rings. The number of amides is 1. The van der Waals surface area contributed by atoms with Gasteiger partial charge in [-0.05, 0) is 60.0 Å². The second kappa shape index (κ2) is 11.4. The van der Waals surface area contributed by atoms with Gasteiger partial charge in [-0.15, -0.1) is 0 Å². The summed E-state index contributed by atoms with van der Waals surface area (Å²) in [6, 6.07) is 23.3. The lowest BCUT2D eigenvalue weighted by Crippen LogP contribution is -2.21. The Bertz CT molecular complexity index is 1640. The molecule has 1 aromatic heterocycles. The smallest absolute Gasteiger partial charge is 0.475 e. The van der Waals surface area contributed by atoms with Gasteiger partial charge >= 0.3 is 12.1 Å². The van der Waals surface area contributed by atoms with Crippen LogP contribution in [0.5, 0.6) is 0 Å². The number of nitrogens with one attached hydrogen (secondary N) is 2. The molecule has 3 aromatic carbocycles. The third-order valence-corrected chi connectivity index (χ3v) is 8.00. The maximum Gasteiger partial charge on any atom is 0.490 e. The largest absolute Gasteiger partial charge is 0.490 e. The van der Waals surface area contributed by atoms with E-state index in [1.54, 1.807) is 0 Å². The van der Waals surface area contributed by atoms with Gasteiger partial charge in [-0.3, -0.25) is 14.8 Å². The monoisotopic (exact) mass is 576 g/mol. The molecule has 0 saturated heterocycles. The maximum atomic E-state index is 12.8. The molecule has 1 aliphatic heterocycles. The van der Waals surface area contributed by atoms with Crippen LogP contribution < -0.4 is 5.32 Å². The van der Waals surface area contributed by atoms with Gasteiger partial charge < -0.3 is 10.4 Å². The lowest BCUT2D eigenvalue weighted by atomic mass is 9.92. The molecule has 2 heterocycles. The summed E-state index contributed by atoms with van der Waals surface area (Å²) in [5, 5.41) is 19.0. The Kier molecular flexibility index (Phi) is 7.92. The molecule has 6 rings (SSSR count). The zero-order valence-corrected chi connectivity index (χ0v) is 23.2. The van der Waals surface area contributed by atoms with E-state index in [0.29, 0.717) is 0 Å². The Morgan fingerprint density at radius 3 is 2.43 bits per heavy atom. The first kappa shape index (κ1) is 29.1. The van der Waals surface area contributed by atoms with E-state index in [0.717, 1.165) is 59.5 Å². The van der Waals surface area contributed by atoms with Crippen molar-refractivity contribution in [2.24, 2.45) is 0 Å². The number of carbonyl (C=O) groups is 2. The van der Waals surface area contributed by atoms with Gasteiger partial charge in [0.15, 0.2) is 0 Å². The Morgan fingerprint density at radius 1 is 1.07 bits per heavy atom. The summed E-state index contributed by atoms with van der Waals surface area (Å²) in [6.07, 6.45) is -0.0515. The molecule has 42 heavy (non-hydrogen) atoms. The fraction of sp³-hybridized carbons (Fsp3) is 0.281. The predicted octanol–water partition coefficient (Wildman–Crippen LogP) is 6.59. The number of halogens is 3. The van der Waals surface area contributed by atoms with E-state index in [1.165, 1.54) is 11.1 Å². The standard InChI is InChI=1S/C30H30N4O.C2HF3O2/c1-3-34(4-2)19-21-11-9-20(10-12-21)13-16-26-23-15-14-22(17-28(23)33-32-26)25-18-30(25)24-7-5-6-8-27(24)31-29(30)35;3-2(4,5)1(6)7/h5-17,25H,3-4,18-19H2,1-2H3,(H,31,35)(H,32,33);(H,6,7)/b16-13+;/t25-,30-;/m0./s1. The molecule has 2 atom stereocenters. The molecule has 0 unspecified atom stereocenters. The third kappa shape index (κ3) is 5.67. The van der Waals surface area contributed by atoms with E-state index in [4.69, 9.17) is 9.90 Å². The highest BCUT2D eigenvalue weighted by Crippen LogP contribution is 2.64. The van der Waals surface area contributed by atoms with Gasteiger partial charge in [-0.25, -0.2) is 4.79 Å². The van der Waals surface area contributed by atoms with Crippen molar-refractivity contribution in [3.8, 4) is 0 Å². The number of anilines is 1. The maximum absolute atomic E-state index is 12.8. The third-order valence-electron chi connectivity index (χ3n) is 8.00. The molecule has 0 radical (unpaired) electrons. The fourth-order valence-corrected chi connectivity index (χ4v) is 5.57. The number of carboxylic acid groups (broad SMARTS) is 1. The van der Waals surface area contributed by atoms with Crippen LogP contribution in [0.2, 0.25) is 0 Å². The van der Waals surface area contributed by atoms with Crippen LogP contribution >= 0.6 is 0 Å². The zero-order valence-electron chi connectivity index (χ0n) is 23.2. The van der Waals surface area contributed by atoms with E-state index in [9.17, 15) is 18.0 Å². The highest BCUT2D eigenvalue weighted by atomic mass is 19.4. The number of H-pyrrole nitrogens is 1. The van der Waals surface area contributed by atoms with Gasteiger partial charge in [-0.2, -0.15) is 18.3 Å². The number of nitrogens with zero attached hydrogens (tertiary/aromatic N) is 2. The van der Waals surface area contributed by atoms with E-state index in [-0.39, 0.29) is 11.8 Å². The molecule has 10 heteroatoms. The number of hydrogen-bond donors (Lipinski definition) is 3. The number of carbonyl (C=O) groups excluding carboxylic acids is 1. The average Bonchev–Trinajstić information content (AvgIpc) is 3.51. The van der Waals surface area contributed by atoms with Crippen molar-refractivity contribution in [2.45, 2.75) is 44.3 Å². The predicted molar refractivity (Wildman–Crippen MR) is 156 cm³/mol. The van der Waals surface area contributed by atoms with Gasteiger partial charge in [0.2, 0.25) is 5.91 Å². The second-order valence-electron chi connectivity index (χ2n) is 10.5. The summed E-state index contributed by atoms with van der Waals surface area (Å²) in [4.78, 5) is 24.2. The normalized spacial score (nSPS) is 19.2. The van der Waals surface area contributed by atoms with E-state index in [2.05, 4.69) is 94.9 Å². The molecular weight excluding hydrogens is 545 g/mol. The summed E-state index contributed by atoms with van der Waals surface area (Å²) < 4.78 is 31.7. The van der Waals surface area contributed by atoms with Crippen molar-refractivity contribution in [1.82, 2.24) is 15.1 Å². The Hall–Kier alpha value is -4.44. The number of fused-ring (bicyclic) bond motifs is 3. The number of aromatic nitrogens is 2. The molecule has 7 nitrogen and oxygen atoms in total. The number of aliphatic carboxylic acids is 1. The van der Waals surface area contributed by atoms with Crippen LogP contribution in [0.1, 0.15) is 54.1 Å². The topological polar surface area (TPSA) is 98.3 Å². The van der Waals surface area contributed by atoms with Crippen molar-refractivity contribution in [1.29, 1.82) is 0 Å². The van der Waals surface area contributed by atoms with Crippen LogP contribution in [0.15, 0.2) is 66.7 Å². The molecule has 1 saturated carbocycles. The highest BCUT2D eigenvalue weighted by Gasteiger charge is 2.65. The molecule has 3 N–H and O–H groups in total. The van der Waals surface area contributed by atoms with Gasteiger partial charge in [0.25, 0.3) is 0 Å². The number of hydrogen-bond acceptors (Lipinski definition) is 4. The number of rotatable bonds is 7. The van der Waals surface area contributed by atoms with Crippen molar-refractivity contribution in [2.75, 3.05) is 18.4 Å².